The minimum absolute atomic E-state index is 0.0195. The van der Waals surface area contributed by atoms with Gasteiger partial charge in [-0.05, 0) is 18.2 Å². The van der Waals surface area contributed by atoms with Gasteiger partial charge in [-0.25, -0.2) is 0 Å². The number of hydrogen-bond donors (Lipinski definition) is 1. The lowest BCUT2D eigenvalue weighted by atomic mass is 10.1. The topological polar surface area (TPSA) is 32.6 Å². The number of oxime groups is 1. The Hall–Kier alpha value is -0.750. The van der Waals surface area contributed by atoms with Gasteiger partial charge in [0.1, 0.15) is 0 Å². The van der Waals surface area contributed by atoms with E-state index in [0.717, 1.165) is 12.1 Å². The molecule has 82 valence electrons. The van der Waals surface area contributed by atoms with Crippen LogP contribution in [0, 0.1) is 0 Å². The molecule has 0 amide bonds. The van der Waals surface area contributed by atoms with Crippen LogP contribution in [0.3, 0.4) is 0 Å². The third kappa shape index (κ3) is 2.85. The first-order valence-corrected chi connectivity index (χ1v) is 4.78. The molecule has 0 bridgehead atoms. The van der Waals surface area contributed by atoms with E-state index in [0.29, 0.717) is 4.47 Å². The van der Waals surface area contributed by atoms with Crippen molar-refractivity contribution in [2.75, 3.05) is 0 Å². The minimum atomic E-state index is -4.46. The summed E-state index contributed by atoms with van der Waals surface area (Å²) in [4.78, 5) is 0. The zero-order chi connectivity index (χ0) is 11.6. The molecule has 2 nitrogen and oxygen atoms in total. The van der Waals surface area contributed by atoms with Gasteiger partial charge < -0.3 is 5.21 Å². The lowest BCUT2D eigenvalue weighted by Crippen LogP contribution is -2.06. The summed E-state index contributed by atoms with van der Waals surface area (Å²) in [6.07, 6.45) is -4.46. The van der Waals surface area contributed by atoms with E-state index in [1.165, 1.54) is 6.07 Å². The first-order valence-electron chi connectivity index (χ1n) is 3.61. The normalized spacial score (nSPS) is 13.0. The summed E-state index contributed by atoms with van der Waals surface area (Å²) >= 11 is 8.42. The highest BCUT2D eigenvalue weighted by Gasteiger charge is 2.31. The van der Waals surface area contributed by atoms with Crippen molar-refractivity contribution in [1.82, 2.24) is 0 Å². The smallest absolute Gasteiger partial charge is 0.410 e. The van der Waals surface area contributed by atoms with Gasteiger partial charge >= 0.3 is 6.18 Å². The molecule has 7 heteroatoms. The highest BCUT2D eigenvalue weighted by molar-refractivity contribution is 9.10. The lowest BCUT2D eigenvalue weighted by molar-refractivity contribution is -0.137. The van der Waals surface area contributed by atoms with Gasteiger partial charge in [0.05, 0.1) is 5.56 Å². The number of benzene rings is 1. The molecule has 1 rings (SSSR count). The summed E-state index contributed by atoms with van der Waals surface area (Å²) in [5, 5.41) is 10.6. The number of hydrogen-bond acceptors (Lipinski definition) is 2. The molecule has 1 aromatic rings. The van der Waals surface area contributed by atoms with Gasteiger partial charge in [-0.15, -0.1) is 0 Å². The van der Waals surface area contributed by atoms with Crippen LogP contribution >= 0.6 is 27.5 Å². The van der Waals surface area contributed by atoms with Crippen LogP contribution in [0.15, 0.2) is 27.8 Å². The molecular weight excluding hydrogens is 298 g/mol. The van der Waals surface area contributed by atoms with Crippen molar-refractivity contribution in [2.24, 2.45) is 5.16 Å². The Balaban J connectivity index is 3.29. The van der Waals surface area contributed by atoms with Crippen LogP contribution in [0.2, 0.25) is 0 Å². The molecule has 1 aromatic carbocycles. The van der Waals surface area contributed by atoms with Crippen molar-refractivity contribution in [3.8, 4) is 0 Å². The molecule has 15 heavy (non-hydrogen) atoms. The molecule has 0 saturated carbocycles. The molecule has 0 fully saturated rings. The Labute approximate surface area is 96.5 Å². The number of nitrogens with zero attached hydrogens (tertiary/aromatic N) is 1. The quantitative estimate of drug-likeness (QED) is 0.477. The van der Waals surface area contributed by atoms with Gasteiger partial charge in [-0.2, -0.15) is 13.2 Å². The van der Waals surface area contributed by atoms with Crippen molar-refractivity contribution >= 4 is 32.7 Å². The van der Waals surface area contributed by atoms with Crippen molar-refractivity contribution in [1.29, 1.82) is 0 Å². The van der Waals surface area contributed by atoms with Gasteiger partial charge in [-0.1, -0.05) is 32.7 Å². The average Bonchev–Trinajstić information content (AvgIpc) is 2.15. The molecule has 0 aliphatic heterocycles. The molecule has 0 aromatic heterocycles. The maximum atomic E-state index is 12.3. The first-order chi connectivity index (χ1) is 6.86. The van der Waals surface area contributed by atoms with E-state index in [1.54, 1.807) is 0 Å². The van der Waals surface area contributed by atoms with Gasteiger partial charge in [0.25, 0.3) is 0 Å². The highest BCUT2D eigenvalue weighted by atomic mass is 79.9. The van der Waals surface area contributed by atoms with Gasteiger partial charge in [0.2, 0.25) is 0 Å². The largest absolute Gasteiger partial charge is 0.416 e. The number of halogens is 5. The fourth-order valence-corrected chi connectivity index (χ4v) is 1.62. The van der Waals surface area contributed by atoms with Gasteiger partial charge in [0.15, 0.2) is 5.17 Å². The summed E-state index contributed by atoms with van der Waals surface area (Å²) in [7, 11) is 0. The highest BCUT2D eigenvalue weighted by Crippen LogP contribution is 2.32. The van der Waals surface area contributed by atoms with Crippen molar-refractivity contribution in [3.63, 3.8) is 0 Å². The third-order valence-corrected chi connectivity index (χ3v) is 2.57. The van der Waals surface area contributed by atoms with Crippen LogP contribution in [0.1, 0.15) is 11.1 Å². The molecular formula is C8H4BrClF3NO. The predicted octanol–water partition coefficient (Wildman–Crippen LogP) is 3.84. The van der Waals surface area contributed by atoms with E-state index < -0.39 is 16.9 Å². The Morgan fingerprint density at radius 1 is 1.40 bits per heavy atom. The maximum Gasteiger partial charge on any atom is 0.416 e. The molecule has 0 aliphatic carbocycles. The predicted molar refractivity (Wildman–Crippen MR) is 53.3 cm³/mol. The first kappa shape index (κ1) is 12.3. The van der Waals surface area contributed by atoms with Crippen molar-refractivity contribution < 1.29 is 18.4 Å². The van der Waals surface area contributed by atoms with E-state index in [9.17, 15) is 13.2 Å². The zero-order valence-corrected chi connectivity index (χ0v) is 9.36. The number of alkyl halides is 3. The van der Waals surface area contributed by atoms with Gasteiger partial charge in [-0.3, -0.25) is 0 Å². The summed E-state index contributed by atoms with van der Waals surface area (Å²) in [5.41, 5.74) is -0.878. The van der Waals surface area contributed by atoms with E-state index >= 15 is 0 Å². The van der Waals surface area contributed by atoms with Gasteiger partial charge in [0, 0.05) is 10.0 Å². The summed E-state index contributed by atoms with van der Waals surface area (Å²) in [5.74, 6) is 0. The molecule has 0 unspecified atom stereocenters. The fraction of sp³-hybridized carbons (Fsp3) is 0.125. The number of rotatable bonds is 1. The summed E-state index contributed by atoms with van der Waals surface area (Å²) in [6, 6.07) is 2.88. The van der Waals surface area contributed by atoms with E-state index in [2.05, 4.69) is 21.1 Å². The fourth-order valence-electron chi connectivity index (χ4n) is 0.914. The monoisotopic (exact) mass is 301 g/mol. The molecule has 0 aliphatic rings. The summed E-state index contributed by atoms with van der Waals surface area (Å²) in [6.45, 7) is 0. The SMILES string of the molecule is O/N=C(\Cl)c1cc(C(F)(F)F)ccc1Br. The molecule has 0 saturated heterocycles. The Morgan fingerprint density at radius 3 is 2.47 bits per heavy atom. The molecule has 0 radical (unpaired) electrons. The Morgan fingerprint density at radius 2 is 2.00 bits per heavy atom. The van der Waals surface area contributed by atoms with Crippen LogP contribution in [0.4, 0.5) is 13.2 Å². The molecule has 0 atom stereocenters. The van der Waals surface area contributed by atoms with E-state index in [4.69, 9.17) is 16.8 Å². The second-order valence-corrected chi connectivity index (χ2v) is 3.80. The Bertz CT molecular complexity index is 405. The second kappa shape index (κ2) is 4.40. The zero-order valence-electron chi connectivity index (χ0n) is 7.02. The van der Waals surface area contributed by atoms with Crippen molar-refractivity contribution in [3.05, 3.63) is 33.8 Å². The van der Waals surface area contributed by atoms with Crippen LogP contribution in [-0.2, 0) is 6.18 Å². The van der Waals surface area contributed by atoms with Crippen molar-refractivity contribution in [2.45, 2.75) is 6.18 Å². The van der Waals surface area contributed by atoms with E-state index in [-0.39, 0.29) is 5.56 Å². The Kier molecular flexibility index (Phi) is 3.62. The average molecular weight is 302 g/mol. The maximum absolute atomic E-state index is 12.3. The van der Waals surface area contributed by atoms with Crippen LogP contribution in [-0.4, -0.2) is 10.4 Å². The minimum Gasteiger partial charge on any atom is -0.410 e. The molecule has 1 N–H and O–H groups in total. The second-order valence-electron chi connectivity index (χ2n) is 2.58. The van der Waals surface area contributed by atoms with Crippen LogP contribution in [0.25, 0.3) is 0 Å². The third-order valence-electron chi connectivity index (χ3n) is 1.60. The van der Waals surface area contributed by atoms with E-state index in [1.807, 2.05) is 0 Å². The standard InChI is InChI=1S/C8H4BrClF3NO/c9-6-2-1-4(8(11,12)13)3-5(6)7(10)14-15/h1-3,15H/b14-7-. The lowest BCUT2D eigenvalue weighted by Gasteiger charge is -2.08. The molecule has 0 heterocycles. The van der Waals surface area contributed by atoms with Crippen LogP contribution < -0.4 is 0 Å². The summed E-state index contributed by atoms with van der Waals surface area (Å²) < 4.78 is 37.2. The molecule has 0 spiro atoms. The van der Waals surface area contributed by atoms with Crippen LogP contribution in [0.5, 0.6) is 0 Å².